The highest BCUT2D eigenvalue weighted by Gasteiger charge is 2.09. The number of hydrogen-bond acceptors (Lipinski definition) is 2. The van der Waals surface area contributed by atoms with Crippen LogP contribution in [0.25, 0.3) is 0 Å². The van der Waals surface area contributed by atoms with E-state index in [0.717, 1.165) is 6.54 Å². The molecule has 0 aliphatic heterocycles. The van der Waals surface area contributed by atoms with Gasteiger partial charge in [-0.15, -0.1) is 0 Å². The molecule has 0 aliphatic carbocycles. The Morgan fingerprint density at radius 1 is 1.31 bits per heavy atom. The third kappa shape index (κ3) is 10.2. The molecule has 1 N–H and O–H groups in total. The molecular formula is C11H25NS. The van der Waals surface area contributed by atoms with Gasteiger partial charge in [-0.2, -0.15) is 11.8 Å². The van der Waals surface area contributed by atoms with Gasteiger partial charge in [0, 0.05) is 11.8 Å². The fraction of sp³-hybridized carbons (Fsp3) is 1.00. The number of nitrogens with one attached hydrogen (secondary N) is 1. The summed E-state index contributed by atoms with van der Waals surface area (Å²) in [5.74, 6) is 2.46. The highest BCUT2D eigenvalue weighted by molar-refractivity contribution is 7.99. The van der Waals surface area contributed by atoms with Gasteiger partial charge in [0.25, 0.3) is 0 Å². The minimum Gasteiger partial charge on any atom is -0.313 e. The minimum atomic E-state index is 0.463. The lowest BCUT2D eigenvalue weighted by molar-refractivity contribution is 0.360. The zero-order chi connectivity index (χ0) is 10.3. The maximum Gasteiger partial charge on any atom is 0.0129 e. The number of thioether (sulfide) groups is 1. The largest absolute Gasteiger partial charge is 0.313 e. The predicted molar refractivity (Wildman–Crippen MR) is 64.5 cm³/mol. The molecule has 0 saturated heterocycles. The Kier molecular flexibility index (Phi) is 6.88. The first-order valence-electron chi connectivity index (χ1n) is 5.27. The maximum absolute atomic E-state index is 3.55. The van der Waals surface area contributed by atoms with Crippen LogP contribution < -0.4 is 5.32 Å². The number of rotatable bonds is 6. The van der Waals surface area contributed by atoms with Crippen LogP contribution in [0.1, 0.15) is 41.0 Å². The molecule has 0 heterocycles. The van der Waals surface area contributed by atoms with Gasteiger partial charge in [-0.05, 0) is 31.1 Å². The molecule has 80 valence electrons. The first kappa shape index (κ1) is 13.3. The van der Waals surface area contributed by atoms with Crippen LogP contribution >= 0.6 is 11.8 Å². The van der Waals surface area contributed by atoms with Crippen LogP contribution in [0.3, 0.4) is 0 Å². The fourth-order valence-corrected chi connectivity index (χ4v) is 1.75. The molecule has 0 aromatic rings. The molecule has 0 bridgehead atoms. The summed E-state index contributed by atoms with van der Waals surface area (Å²) in [6.07, 6.45) is 1.26. The van der Waals surface area contributed by atoms with Gasteiger partial charge < -0.3 is 5.32 Å². The molecule has 1 atom stereocenters. The molecule has 0 aromatic carbocycles. The van der Waals surface area contributed by atoms with Crippen LogP contribution in [0.5, 0.6) is 0 Å². The van der Waals surface area contributed by atoms with Crippen molar-refractivity contribution in [3.63, 3.8) is 0 Å². The summed E-state index contributed by atoms with van der Waals surface area (Å²) in [6.45, 7) is 12.5. The summed E-state index contributed by atoms with van der Waals surface area (Å²) in [5, 5.41) is 3.55. The van der Waals surface area contributed by atoms with Crippen LogP contribution in [-0.4, -0.2) is 24.1 Å². The molecule has 0 fully saturated rings. The standard InChI is InChI=1S/C11H25NS/c1-6-13-9-10(2)12-8-7-11(3,4)5/h10,12H,6-9H2,1-5H3. The summed E-state index contributed by atoms with van der Waals surface area (Å²) in [6, 6.07) is 0.660. The fourth-order valence-electron chi connectivity index (χ4n) is 1.05. The van der Waals surface area contributed by atoms with Gasteiger partial charge in [0.15, 0.2) is 0 Å². The topological polar surface area (TPSA) is 12.0 Å². The van der Waals surface area contributed by atoms with E-state index in [-0.39, 0.29) is 0 Å². The minimum absolute atomic E-state index is 0.463. The Morgan fingerprint density at radius 3 is 2.38 bits per heavy atom. The van der Waals surface area contributed by atoms with Crippen molar-refractivity contribution in [2.24, 2.45) is 5.41 Å². The molecule has 2 heteroatoms. The van der Waals surface area contributed by atoms with Crippen molar-refractivity contribution in [2.75, 3.05) is 18.1 Å². The normalized spacial score (nSPS) is 14.5. The van der Waals surface area contributed by atoms with E-state index in [1.165, 1.54) is 17.9 Å². The molecule has 0 amide bonds. The monoisotopic (exact) mass is 203 g/mol. The third-order valence-electron chi connectivity index (χ3n) is 1.94. The van der Waals surface area contributed by atoms with Gasteiger partial charge in [-0.25, -0.2) is 0 Å². The van der Waals surface area contributed by atoms with E-state index in [4.69, 9.17) is 0 Å². The molecule has 0 saturated carbocycles. The average molecular weight is 203 g/mol. The van der Waals surface area contributed by atoms with Crippen molar-refractivity contribution < 1.29 is 0 Å². The second-order valence-electron chi connectivity index (χ2n) is 4.83. The van der Waals surface area contributed by atoms with Crippen LogP contribution in [0.4, 0.5) is 0 Å². The lowest BCUT2D eigenvalue weighted by Gasteiger charge is -2.20. The van der Waals surface area contributed by atoms with Crippen molar-refractivity contribution >= 4 is 11.8 Å². The van der Waals surface area contributed by atoms with E-state index < -0.39 is 0 Å². The van der Waals surface area contributed by atoms with E-state index >= 15 is 0 Å². The van der Waals surface area contributed by atoms with Gasteiger partial charge in [0.1, 0.15) is 0 Å². The summed E-state index contributed by atoms with van der Waals surface area (Å²) in [5.41, 5.74) is 0.463. The van der Waals surface area contributed by atoms with E-state index in [2.05, 4.69) is 39.9 Å². The maximum atomic E-state index is 3.55. The first-order valence-corrected chi connectivity index (χ1v) is 6.42. The molecule has 1 nitrogen and oxygen atoms in total. The molecule has 0 radical (unpaired) electrons. The first-order chi connectivity index (χ1) is 5.95. The van der Waals surface area contributed by atoms with E-state index in [1.807, 2.05) is 11.8 Å². The van der Waals surface area contributed by atoms with Crippen LogP contribution in [-0.2, 0) is 0 Å². The van der Waals surface area contributed by atoms with Crippen molar-refractivity contribution in [1.82, 2.24) is 5.32 Å². The highest BCUT2D eigenvalue weighted by atomic mass is 32.2. The second kappa shape index (κ2) is 6.72. The van der Waals surface area contributed by atoms with Crippen LogP contribution in [0.2, 0.25) is 0 Å². The van der Waals surface area contributed by atoms with Crippen molar-refractivity contribution in [3.8, 4) is 0 Å². The van der Waals surface area contributed by atoms with Crippen molar-refractivity contribution in [3.05, 3.63) is 0 Å². The summed E-state index contributed by atoms with van der Waals surface area (Å²) >= 11 is 2.01. The summed E-state index contributed by atoms with van der Waals surface area (Å²) < 4.78 is 0. The molecule has 1 unspecified atom stereocenters. The molecule has 0 aliphatic rings. The quantitative estimate of drug-likeness (QED) is 0.712. The van der Waals surface area contributed by atoms with Crippen molar-refractivity contribution in [1.29, 1.82) is 0 Å². The Labute approximate surface area is 88.1 Å². The Balaban J connectivity index is 3.31. The molecule has 0 spiro atoms. The zero-order valence-electron chi connectivity index (χ0n) is 9.81. The van der Waals surface area contributed by atoms with Gasteiger partial charge in [0.2, 0.25) is 0 Å². The van der Waals surface area contributed by atoms with Gasteiger partial charge in [0.05, 0.1) is 0 Å². The van der Waals surface area contributed by atoms with Crippen LogP contribution in [0, 0.1) is 5.41 Å². The molecule has 0 aromatic heterocycles. The van der Waals surface area contributed by atoms with E-state index in [0.29, 0.717) is 11.5 Å². The van der Waals surface area contributed by atoms with Gasteiger partial charge >= 0.3 is 0 Å². The summed E-state index contributed by atoms with van der Waals surface area (Å²) in [4.78, 5) is 0. The van der Waals surface area contributed by atoms with E-state index in [9.17, 15) is 0 Å². The highest BCUT2D eigenvalue weighted by Crippen LogP contribution is 2.17. The predicted octanol–water partition coefficient (Wildman–Crippen LogP) is 3.15. The summed E-state index contributed by atoms with van der Waals surface area (Å²) in [7, 11) is 0. The van der Waals surface area contributed by atoms with Gasteiger partial charge in [-0.3, -0.25) is 0 Å². The van der Waals surface area contributed by atoms with Crippen LogP contribution in [0.15, 0.2) is 0 Å². The third-order valence-corrected chi connectivity index (χ3v) is 3.08. The molecule has 0 rings (SSSR count). The molecular weight excluding hydrogens is 178 g/mol. The average Bonchev–Trinajstić information content (AvgIpc) is 1.98. The number of hydrogen-bond donors (Lipinski definition) is 1. The Hall–Kier alpha value is 0.310. The zero-order valence-corrected chi connectivity index (χ0v) is 10.6. The Bertz CT molecular complexity index is 118. The lowest BCUT2D eigenvalue weighted by Crippen LogP contribution is -2.31. The van der Waals surface area contributed by atoms with Crippen molar-refractivity contribution in [2.45, 2.75) is 47.1 Å². The smallest absolute Gasteiger partial charge is 0.0129 e. The van der Waals surface area contributed by atoms with Gasteiger partial charge in [-0.1, -0.05) is 27.7 Å². The second-order valence-corrected chi connectivity index (χ2v) is 6.14. The molecule has 13 heavy (non-hydrogen) atoms. The SMILES string of the molecule is CCSCC(C)NCCC(C)(C)C. The lowest BCUT2D eigenvalue weighted by atomic mass is 9.92. The Morgan fingerprint density at radius 2 is 1.92 bits per heavy atom. The van der Waals surface area contributed by atoms with E-state index in [1.54, 1.807) is 0 Å².